The van der Waals surface area contributed by atoms with Crippen LogP contribution in [0.3, 0.4) is 0 Å². The molecule has 0 amide bonds. The maximum Gasteiger partial charge on any atom is 0.104 e. The quantitative estimate of drug-likeness (QED) is 0.549. The van der Waals surface area contributed by atoms with Gasteiger partial charge in [-0.05, 0) is 34.4 Å². The van der Waals surface area contributed by atoms with Crippen LogP contribution in [0.1, 0.15) is 23.3 Å². The molecule has 0 heterocycles. The first-order valence-corrected chi connectivity index (χ1v) is 6.80. The van der Waals surface area contributed by atoms with E-state index in [4.69, 9.17) is 23.2 Å². The molecule has 106 valence electrons. The predicted octanol–water partition coefficient (Wildman–Crippen LogP) is 1.66. The number of halogens is 2. The fraction of sp³-hybridized carbons (Fsp3) is 0.286. The van der Waals surface area contributed by atoms with Crippen LogP contribution in [0.2, 0.25) is 10.0 Å². The minimum atomic E-state index is -1.15. The Morgan fingerprint density at radius 3 is 1.40 bits per heavy atom. The Hall–Kier alpha value is -0.880. The third-order valence-corrected chi connectivity index (χ3v) is 4.47. The molecule has 0 fully saturated rings. The molecule has 6 heteroatoms. The minimum absolute atomic E-state index is 0.193. The van der Waals surface area contributed by atoms with Crippen molar-refractivity contribution in [1.29, 1.82) is 0 Å². The molecular weight excluding hydrogens is 303 g/mol. The molecule has 0 aliphatic heterocycles. The predicted molar refractivity (Wildman–Crippen MR) is 74.6 cm³/mol. The molecule has 0 saturated carbocycles. The van der Waals surface area contributed by atoms with Crippen LogP contribution >= 0.6 is 23.2 Å². The van der Waals surface area contributed by atoms with Crippen LogP contribution in [-0.2, 0) is 0 Å². The first kappa shape index (κ1) is 14.1. The standard InChI is InChI=1S/C14H12Cl2O4/c15-7-3-5-6(4-8(7)16)14(20)12-10(18)2-1-9(17)11(12)13(5)19/h1-4,9-10,13-14,17-20H. The molecule has 0 saturated heterocycles. The third-order valence-electron chi connectivity index (χ3n) is 3.75. The van der Waals surface area contributed by atoms with Crippen LogP contribution < -0.4 is 0 Å². The molecule has 2 aliphatic carbocycles. The SMILES string of the molecule is OC1C=CC(O)C2=C1C(O)c1cc(Cl)c(Cl)cc1C2O. The van der Waals surface area contributed by atoms with Gasteiger partial charge in [0.1, 0.15) is 12.2 Å². The Balaban J connectivity index is 2.22. The molecular formula is C14H12Cl2O4. The molecule has 4 atom stereocenters. The van der Waals surface area contributed by atoms with Crippen LogP contribution in [0.5, 0.6) is 0 Å². The highest BCUT2D eigenvalue weighted by Crippen LogP contribution is 2.46. The maximum absolute atomic E-state index is 10.4. The highest BCUT2D eigenvalue weighted by atomic mass is 35.5. The Morgan fingerprint density at radius 1 is 0.700 bits per heavy atom. The van der Waals surface area contributed by atoms with Gasteiger partial charge in [-0.1, -0.05) is 35.4 Å². The second-order valence-corrected chi connectivity index (χ2v) is 5.70. The molecule has 4 N–H and O–H groups in total. The average molecular weight is 315 g/mol. The molecule has 4 nitrogen and oxygen atoms in total. The van der Waals surface area contributed by atoms with Crippen molar-refractivity contribution < 1.29 is 20.4 Å². The van der Waals surface area contributed by atoms with Gasteiger partial charge in [0.2, 0.25) is 0 Å². The zero-order valence-electron chi connectivity index (χ0n) is 10.2. The molecule has 3 rings (SSSR count). The first-order valence-electron chi connectivity index (χ1n) is 6.05. The summed E-state index contributed by atoms with van der Waals surface area (Å²) in [7, 11) is 0. The highest BCUT2D eigenvalue weighted by Gasteiger charge is 2.39. The van der Waals surface area contributed by atoms with Gasteiger partial charge in [0, 0.05) is 0 Å². The second-order valence-electron chi connectivity index (χ2n) is 4.89. The van der Waals surface area contributed by atoms with Crippen molar-refractivity contribution in [3.05, 3.63) is 56.6 Å². The topological polar surface area (TPSA) is 80.9 Å². The van der Waals surface area contributed by atoms with Gasteiger partial charge in [0.05, 0.1) is 22.3 Å². The van der Waals surface area contributed by atoms with E-state index in [-0.39, 0.29) is 21.2 Å². The normalized spacial score (nSPS) is 32.1. The van der Waals surface area contributed by atoms with Crippen molar-refractivity contribution in [2.75, 3.05) is 0 Å². The van der Waals surface area contributed by atoms with Crippen LogP contribution in [-0.4, -0.2) is 32.6 Å². The Bertz CT molecular complexity index is 585. The Kier molecular flexibility index (Phi) is 3.41. The number of hydrogen-bond acceptors (Lipinski definition) is 4. The third kappa shape index (κ3) is 1.92. The van der Waals surface area contributed by atoms with E-state index in [1.807, 2.05) is 0 Å². The lowest BCUT2D eigenvalue weighted by atomic mass is 9.75. The molecule has 0 spiro atoms. The molecule has 0 radical (unpaired) electrons. The van der Waals surface area contributed by atoms with E-state index in [1.165, 1.54) is 24.3 Å². The number of fused-ring (bicyclic) bond motifs is 1. The van der Waals surface area contributed by atoms with E-state index in [0.717, 1.165) is 0 Å². The average Bonchev–Trinajstić information content (AvgIpc) is 2.41. The summed E-state index contributed by atoms with van der Waals surface area (Å²) in [6.45, 7) is 0. The minimum Gasteiger partial charge on any atom is -0.385 e. The van der Waals surface area contributed by atoms with Crippen molar-refractivity contribution in [2.24, 2.45) is 0 Å². The van der Waals surface area contributed by atoms with Gasteiger partial charge in [-0.3, -0.25) is 0 Å². The number of hydrogen-bond donors (Lipinski definition) is 4. The van der Waals surface area contributed by atoms with E-state index in [0.29, 0.717) is 11.1 Å². The van der Waals surface area contributed by atoms with Gasteiger partial charge >= 0.3 is 0 Å². The van der Waals surface area contributed by atoms with Gasteiger partial charge in [-0.2, -0.15) is 0 Å². The summed E-state index contributed by atoms with van der Waals surface area (Å²) in [5.74, 6) is 0. The number of rotatable bonds is 0. The van der Waals surface area contributed by atoms with Crippen molar-refractivity contribution in [1.82, 2.24) is 0 Å². The van der Waals surface area contributed by atoms with Crippen molar-refractivity contribution >= 4 is 23.2 Å². The van der Waals surface area contributed by atoms with Gasteiger partial charge in [0.25, 0.3) is 0 Å². The first-order chi connectivity index (χ1) is 9.41. The summed E-state index contributed by atoms with van der Waals surface area (Å²) in [6, 6.07) is 2.93. The summed E-state index contributed by atoms with van der Waals surface area (Å²) >= 11 is 11.9. The molecule has 1 aromatic carbocycles. The summed E-state index contributed by atoms with van der Waals surface area (Å²) in [4.78, 5) is 0. The molecule has 4 unspecified atom stereocenters. The molecule has 2 aliphatic rings. The van der Waals surface area contributed by atoms with Crippen LogP contribution in [0.15, 0.2) is 35.4 Å². The van der Waals surface area contributed by atoms with Crippen LogP contribution in [0.25, 0.3) is 0 Å². The maximum atomic E-state index is 10.4. The van der Waals surface area contributed by atoms with Gasteiger partial charge in [0.15, 0.2) is 0 Å². The fourth-order valence-corrected chi connectivity index (χ4v) is 3.13. The monoisotopic (exact) mass is 314 g/mol. The van der Waals surface area contributed by atoms with E-state index < -0.39 is 24.4 Å². The highest BCUT2D eigenvalue weighted by molar-refractivity contribution is 6.42. The molecule has 1 aromatic rings. The number of aliphatic hydroxyl groups excluding tert-OH is 4. The fourth-order valence-electron chi connectivity index (χ4n) is 2.78. The number of benzene rings is 1. The molecule has 20 heavy (non-hydrogen) atoms. The summed E-state index contributed by atoms with van der Waals surface area (Å²) in [6.07, 6.45) is -1.65. The zero-order chi connectivity index (χ0) is 14.6. The summed E-state index contributed by atoms with van der Waals surface area (Å²) < 4.78 is 0. The zero-order valence-corrected chi connectivity index (χ0v) is 11.7. The Labute approximate surface area is 125 Å². The van der Waals surface area contributed by atoms with Gasteiger partial charge in [-0.25, -0.2) is 0 Å². The lowest BCUT2D eigenvalue weighted by Crippen LogP contribution is -2.32. The molecule has 0 aromatic heterocycles. The molecule has 0 bridgehead atoms. The van der Waals surface area contributed by atoms with Crippen molar-refractivity contribution in [3.63, 3.8) is 0 Å². The van der Waals surface area contributed by atoms with Gasteiger partial charge < -0.3 is 20.4 Å². The van der Waals surface area contributed by atoms with E-state index >= 15 is 0 Å². The van der Waals surface area contributed by atoms with Crippen LogP contribution in [0, 0.1) is 0 Å². The number of aliphatic hydroxyl groups is 4. The van der Waals surface area contributed by atoms with E-state index in [1.54, 1.807) is 0 Å². The summed E-state index contributed by atoms with van der Waals surface area (Å²) in [5, 5.41) is 41.3. The van der Waals surface area contributed by atoms with Crippen molar-refractivity contribution in [2.45, 2.75) is 24.4 Å². The Morgan fingerprint density at radius 2 is 1.05 bits per heavy atom. The van der Waals surface area contributed by atoms with E-state index in [9.17, 15) is 20.4 Å². The van der Waals surface area contributed by atoms with Crippen molar-refractivity contribution in [3.8, 4) is 0 Å². The smallest absolute Gasteiger partial charge is 0.104 e. The summed E-state index contributed by atoms with van der Waals surface area (Å²) in [5.41, 5.74) is 1.15. The van der Waals surface area contributed by atoms with E-state index in [2.05, 4.69) is 0 Å². The lowest BCUT2D eigenvalue weighted by molar-refractivity contribution is 0.108. The largest absolute Gasteiger partial charge is 0.385 e. The lowest BCUT2D eigenvalue weighted by Gasteiger charge is -2.36. The second kappa shape index (κ2) is 4.84. The van der Waals surface area contributed by atoms with Gasteiger partial charge in [-0.15, -0.1) is 0 Å². The van der Waals surface area contributed by atoms with Crippen LogP contribution in [0.4, 0.5) is 0 Å².